The van der Waals surface area contributed by atoms with Gasteiger partial charge in [0.05, 0.1) is 24.9 Å². The lowest BCUT2D eigenvalue weighted by molar-refractivity contribution is -0.136. The minimum absolute atomic E-state index is 0.112. The van der Waals surface area contributed by atoms with Crippen molar-refractivity contribution in [3.63, 3.8) is 0 Å². The monoisotopic (exact) mass is 540 g/mol. The van der Waals surface area contributed by atoms with Gasteiger partial charge in [0.25, 0.3) is 11.8 Å². The van der Waals surface area contributed by atoms with Crippen LogP contribution in [-0.4, -0.2) is 44.7 Å². The summed E-state index contributed by atoms with van der Waals surface area (Å²) in [6, 6.07) is 24.0. The molecule has 0 unspecified atom stereocenters. The zero-order chi connectivity index (χ0) is 28.5. The van der Waals surface area contributed by atoms with Crippen LogP contribution in [0.4, 0.5) is 5.69 Å². The van der Waals surface area contributed by atoms with Crippen LogP contribution >= 0.6 is 0 Å². The molecule has 40 heavy (non-hydrogen) atoms. The Bertz CT molecular complexity index is 1410. The van der Waals surface area contributed by atoms with E-state index in [1.165, 1.54) is 12.0 Å². The van der Waals surface area contributed by atoms with Crippen molar-refractivity contribution in [2.75, 3.05) is 31.8 Å². The first-order valence-corrected chi connectivity index (χ1v) is 13.0. The lowest BCUT2D eigenvalue weighted by Crippen LogP contribution is -2.30. The van der Waals surface area contributed by atoms with Crippen LogP contribution in [0.15, 0.2) is 95.7 Å². The summed E-state index contributed by atoms with van der Waals surface area (Å²) >= 11 is 0. The van der Waals surface area contributed by atoms with Crippen molar-refractivity contribution >= 4 is 29.5 Å². The van der Waals surface area contributed by atoms with Gasteiger partial charge in [-0.2, -0.15) is 0 Å². The number of amides is 2. The highest BCUT2D eigenvalue weighted by molar-refractivity contribution is 6.23. The van der Waals surface area contributed by atoms with E-state index < -0.39 is 5.97 Å². The number of ether oxygens (including phenoxy) is 3. The fraction of sp³-hybridized carbons (Fsp3) is 0.219. The van der Waals surface area contributed by atoms with Gasteiger partial charge < -0.3 is 19.5 Å². The molecule has 0 spiro atoms. The molecule has 0 saturated carbocycles. The van der Waals surface area contributed by atoms with E-state index in [1.807, 2.05) is 37.3 Å². The molecule has 0 radical (unpaired) electrons. The Morgan fingerprint density at radius 2 is 1.55 bits per heavy atom. The number of benzene rings is 3. The second-order valence-corrected chi connectivity index (χ2v) is 9.02. The maximum atomic E-state index is 13.5. The standard InChI is InChI=1S/C32H32N2O6/c1-4-39-26-16-12-25(13-17-26)34-22(2)30(32(37)38-3)28(31(34)36)20-24-10-14-27(15-11-24)40-21-29(35)33-19-18-23-8-6-5-7-9-23/h5-17,20H,4,18-19,21H2,1-3H3,(H,33,35)/b28-20-. The Balaban J connectivity index is 1.42. The summed E-state index contributed by atoms with van der Waals surface area (Å²) in [5, 5.41) is 2.85. The van der Waals surface area contributed by atoms with Crippen LogP contribution in [-0.2, 0) is 25.5 Å². The van der Waals surface area contributed by atoms with Crippen LogP contribution < -0.4 is 19.7 Å². The van der Waals surface area contributed by atoms with Crippen molar-refractivity contribution < 1.29 is 28.6 Å². The highest BCUT2D eigenvalue weighted by atomic mass is 16.5. The van der Waals surface area contributed by atoms with Crippen molar-refractivity contribution in [2.45, 2.75) is 20.3 Å². The van der Waals surface area contributed by atoms with Gasteiger partial charge in [0, 0.05) is 17.9 Å². The van der Waals surface area contributed by atoms with Gasteiger partial charge in [0.15, 0.2) is 6.61 Å². The largest absolute Gasteiger partial charge is 0.494 e. The molecule has 0 aromatic heterocycles. The van der Waals surface area contributed by atoms with E-state index in [9.17, 15) is 14.4 Å². The minimum atomic E-state index is -0.594. The Hall–Kier alpha value is -4.85. The third kappa shape index (κ3) is 6.77. The summed E-state index contributed by atoms with van der Waals surface area (Å²) < 4.78 is 16.1. The molecule has 8 heteroatoms. The van der Waals surface area contributed by atoms with Crippen LogP contribution in [0.25, 0.3) is 6.08 Å². The van der Waals surface area contributed by atoms with Gasteiger partial charge in [-0.1, -0.05) is 42.5 Å². The van der Waals surface area contributed by atoms with Crippen LogP contribution in [0, 0.1) is 0 Å². The maximum Gasteiger partial charge on any atom is 0.340 e. The number of nitrogens with one attached hydrogen (secondary N) is 1. The summed E-state index contributed by atoms with van der Waals surface area (Å²) in [7, 11) is 1.29. The number of hydrogen-bond acceptors (Lipinski definition) is 6. The molecule has 1 heterocycles. The lowest BCUT2D eigenvalue weighted by atomic mass is 10.0. The number of hydrogen-bond donors (Lipinski definition) is 1. The molecule has 3 aromatic carbocycles. The van der Waals surface area contributed by atoms with E-state index in [2.05, 4.69) is 5.32 Å². The average Bonchev–Trinajstić information content (AvgIpc) is 3.22. The number of carbonyl (C=O) groups excluding carboxylic acids is 3. The van der Waals surface area contributed by atoms with Gasteiger partial charge in [-0.25, -0.2) is 4.79 Å². The van der Waals surface area contributed by atoms with E-state index in [1.54, 1.807) is 61.5 Å². The van der Waals surface area contributed by atoms with E-state index in [0.29, 0.717) is 41.6 Å². The SMILES string of the molecule is CCOc1ccc(N2C(=O)/C(=C\c3ccc(OCC(=O)NCCc4ccccc4)cc3)C(C(=O)OC)=C2C)cc1. The van der Waals surface area contributed by atoms with E-state index in [4.69, 9.17) is 14.2 Å². The molecular weight excluding hydrogens is 508 g/mol. The third-order valence-electron chi connectivity index (χ3n) is 6.34. The van der Waals surface area contributed by atoms with E-state index in [-0.39, 0.29) is 29.6 Å². The maximum absolute atomic E-state index is 13.5. The van der Waals surface area contributed by atoms with Gasteiger partial charge in [0.2, 0.25) is 0 Å². The second kappa shape index (κ2) is 13.3. The van der Waals surface area contributed by atoms with Gasteiger partial charge in [0.1, 0.15) is 11.5 Å². The quantitative estimate of drug-likeness (QED) is 0.280. The van der Waals surface area contributed by atoms with Gasteiger partial charge >= 0.3 is 5.97 Å². The normalized spacial score (nSPS) is 13.9. The molecular formula is C32H32N2O6. The highest BCUT2D eigenvalue weighted by Gasteiger charge is 2.37. The number of nitrogens with zero attached hydrogens (tertiary/aromatic N) is 1. The molecule has 0 saturated heterocycles. The minimum Gasteiger partial charge on any atom is -0.494 e. The van der Waals surface area contributed by atoms with Crippen molar-refractivity contribution in [3.05, 3.63) is 107 Å². The number of rotatable bonds is 11. The Morgan fingerprint density at radius 1 is 0.900 bits per heavy atom. The van der Waals surface area contributed by atoms with E-state index in [0.717, 1.165) is 12.0 Å². The molecule has 0 atom stereocenters. The first-order chi connectivity index (χ1) is 19.4. The van der Waals surface area contributed by atoms with Crippen LogP contribution in [0.2, 0.25) is 0 Å². The van der Waals surface area contributed by atoms with Crippen LogP contribution in [0.1, 0.15) is 25.0 Å². The average molecular weight is 541 g/mol. The number of carbonyl (C=O) groups is 3. The number of allylic oxidation sites excluding steroid dienone is 1. The Morgan fingerprint density at radius 3 is 2.20 bits per heavy atom. The molecule has 4 rings (SSSR count). The third-order valence-corrected chi connectivity index (χ3v) is 6.34. The highest BCUT2D eigenvalue weighted by Crippen LogP contribution is 2.36. The summed E-state index contributed by atoms with van der Waals surface area (Å²) in [5.74, 6) is 0.0548. The molecule has 0 aliphatic carbocycles. The topological polar surface area (TPSA) is 94.2 Å². The molecule has 1 N–H and O–H groups in total. The Kier molecular flexibility index (Phi) is 9.35. The number of methoxy groups -OCH3 is 1. The number of anilines is 1. The molecule has 0 fully saturated rings. The molecule has 2 amide bonds. The van der Waals surface area contributed by atoms with Crippen molar-refractivity contribution in [2.24, 2.45) is 0 Å². The van der Waals surface area contributed by atoms with Crippen molar-refractivity contribution in [1.82, 2.24) is 5.32 Å². The Labute approximate surface area is 233 Å². The molecule has 1 aliphatic rings. The van der Waals surface area contributed by atoms with Gasteiger partial charge in [-0.15, -0.1) is 0 Å². The van der Waals surface area contributed by atoms with Crippen molar-refractivity contribution in [1.29, 1.82) is 0 Å². The first kappa shape index (κ1) is 28.2. The molecule has 206 valence electrons. The summed E-state index contributed by atoms with van der Waals surface area (Å²) in [6.45, 7) is 4.55. The van der Waals surface area contributed by atoms with Crippen molar-refractivity contribution in [3.8, 4) is 11.5 Å². The van der Waals surface area contributed by atoms with Gasteiger partial charge in [-0.3, -0.25) is 14.5 Å². The van der Waals surface area contributed by atoms with E-state index >= 15 is 0 Å². The summed E-state index contributed by atoms with van der Waals surface area (Å²) in [4.78, 5) is 39.8. The molecule has 1 aliphatic heterocycles. The number of esters is 1. The fourth-order valence-electron chi connectivity index (χ4n) is 4.37. The molecule has 3 aromatic rings. The fourth-order valence-corrected chi connectivity index (χ4v) is 4.37. The lowest BCUT2D eigenvalue weighted by Gasteiger charge is -2.18. The van der Waals surface area contributed by atoms with Gasteiger partial charge in [-0.05, 0) is 73.9 Å². The smallest absolute Gasteiger partial charge is 0.340 e. The van der Waals surface area contributed by atoms with Crippen LogP contribution in [0.3, 0.4) is 0 Å². The molecule has 8 nitrogen and oxygen atoms in total. The molecule has 0 bridgehead atoms. The second-order valence-electron chi connectivity index (χ2n) is 9.02. The van der Waals surface area contributed by atoms with Crippen LogP contribution in [0.5, 0.6) is 11.5 Å². The summed E-state index contributed by atoms with van der Waals surface area (Å²) in [6.07, 6.45) is 2.39. The predicted molar refractivity (Wildman–Crippen MR) is 153 cm³/mol. The zero-order valence-corrected chi connectivity index (χ0v) is 22.8. The summed E-state index contributed by atoms with van der Waals surface area (Å²) in [5.41, 5.74) is 3.36. The first-order valence-electron chi connectivity index (χ1n) is 13.0. The predicted octanol–water partition coefficient (Wildman–Crippen LogP) is 4.70. The zero-order valence-electron chi connectivity index (χ0n) is 22.8.